The van der Waals surface area contributed by atoms with Gasteiger partial charge in [0.25, 0.3) is 0 Å². The van der Waals surface area contributed by atoms with Crippen molar-refractivity contribution in [1.29, 1.82) is 0 Å². The number of hydrogen-bond donors (Lipinski definition) is 1. The second kappa shape index (κ2) is 4.71. The second-order valence-corrected chi connectivity index (χ2v) is 3.83. The van der Waals surface area contributed by atoms with Crippen LogP contribution in [0.2, 0.25) is 0 Å². The summed E-state index contributed by atoms with van der Waals surface area (Å²) in [6.07, 6.45) is 13.3. The van der Waals surface area contributed by atoms with Gasteiger partial charge >= 0.3 is 0 Å². The first-order valence-corrected chi connectivity index (χ1v) is 5.43. The first kappa shape index (κ1) is 10.6. The van der Waals surface area contributed by atoms with Crippen molar-refractivity contribution >= 4 is 6.21 Å². The van der Waals surface area contributed by atoms with Gasteiger partial charge in [-0.1, -0.05) is 12.5 Å². The third kappa shape index (κ3) is 2.01. The Morgan fingerprint density at radius 2 is 2.19 bits per heavy atom. The molecule has 0 spiro atoms. The summed E-state index contributed by atoms with van der Waals surface area (Å²) in [5.41, 5.74) is 5.51. The zero-order valence-electron chi connectivity index (χ0n) is 9.24. The molecule has 2 rings (SSSR count). The maximum Gasteiger partial charge on any atom is 0.0506 e. The smallest absolute Gasteiger partial charge is 0.0506 e. The van der Waals surface area contributed by atoms with Gasteiger partial charge in [-0.25, -0.2) is 0 Å². The lowest BCUT2D eigenvalue weighted by Crippen LogP contribution is -2.21. The van der Waals surface area contributed by atoms with Crippen LogP contribution >= 0.6 is 0 Å². The summed E-state index contributed by atoms with van der Waals surface area (Å²) in [6, 6.07) is 0. The fraction of sp³-hybridized carbons (Fsp3) is 0.308. The maximum absolute atomic E-state index is 5.46. The summed E-state index contributed by atoms with van der Waals surface area (Å²) < 4.78 is 0. The van der Waals surface area contributed by atoms with Gasteiger partial charge < -0.3 is 4.90 Å². The molecule has 0 aliphatic carbocycles. The number of allylic oxidation sites excluding steroid dienone is 2. The minimum atomic E-state index is 0.759. The van der Waals surface area contributed by atoms with E-state index in [0.29, 0.717) is 0 Å². The molecule has 3 heteroatoms. The van der Waals surface area contributed by atoms with Gasteiger partial charge in [-0.3, -0.25) is 5.43 Å². The molecule has 0 aromatic rings. The summed E-state index contributed by atoms with van der Waals surface area (Å²) in [5, 5.41) is 3.99. The van der Waals surface area contributed by atoms with Crippen molar-refractivity contribution in [1.82, 2.24) is 10.3 Å². The average Bonchev–Trinajstić information content (AvgIpc) is 2.78. The van der Waals surface area contributed by atoms with Crippen LogP contribution in [0.5, 0.6) is 0 Å². The number of terminal acetylenes is 1. The van der Waals surface area contributed by atoms with Crippen molar-refractivity contribution in [3.8, 4) is 12.3 Å². The standard InChI is InChI=1S/C13H15N3/c1-3-12-10-15-14-7-6-13(11(12)2)16-8-4-5-9-16/h1,6-7,10,15H,2,4-5,8-9H2/b12-10-,13-6+,14-7-. The lowest BCUT2D eigenvalue weighted by molar-refractivity contribution is 0.436. The fourth-order valence-electron chi connectivity index (χ4n) is 1.96. The van der Waals surface area contributed by atoms with Crippen LogP contribution in [-0.2, 0) is 0 Å². The molecule has 0 saturated carbocycles. The van der Waals surface area contributed by atoms with E-state index in [0.717, 1.165) is 29.9 Å². The Bertz CT molecular complexity index is 415. The number of hydrazone groups is 1. The van der Waals surface area contributed by atoms with Crippen LogP contribution in [0.25, 0.3) is 0 Å². The van der Waals surface area contributed by atoms with E-state index >= 15 is 0 Å². The molecule has 2 heterocycles. The lowest BCUT2D eigenvalue weighted by Gasteiger charge is -2.23. The Morgan fingerprint density at radius 1 is 1.44 bits per heavy atom. The molecule has 1 N–H and O–H groups in total. The van der Waals surface area contributed by atoms with E-state index in [9.17, 15) is 0 Å². The lowest BCUT2D eigenvalue weighted by atomic mass is 10.0. The molecule has 2 aliphatic rings. The van der Waals surface area contributed by atoms with Gasteiger partial charge in [0.05, 0.1) is 5.57 Å². The zero-order chi connectivity index (χ0) is 11.4. The Kier molecular flexibility index (Phi) is 3.11. The minimum Gasteiger partial charge on any atom is -0.371 e. The molecule has 0 unspecified atom stereocenters. The molecular weight excluding hydrogens is 198 g/mol. The van der Waals surface area contributed by atoms with Crippen LogP contribution in [0.1, 0.15) is 12.8 Å². The summed E-state index contributed by atoms with van der Waals surface area (Å²) in [5.74, 6) is 2.63. The quantitative estimate of drug-likeness (QED) is 0.670. The number of rotatable bonds is 1. The molecule has 0 radical (unpaired) electrons. The maximum atomic E-state index is 5.46. The molecule has 1 fully saturated rings. The third-order valence-electron chi connectivity index (χ3n) is 2.83. The molecule has 82 valence electrons. The van der Waals surface area contributed by atoms with Crippen molar-refractivity contribution in [2.24, 2.45) is 5.10 Å². The van der Waals surface area contributed by atoms with Gasteiger partial charge in [0.15, 0.2) is 0 Å². The Balaban J connectivity index is 2.30. The van der Waals surface area contributed by atoms with Gasteiger partial charge in [0.2, 0.25) is 0 Å². The number of nitrogens with zero attached hydrogens (tertiary/aromatic N) is 2. The topological polar surface area (TPSA) is 27.6 Å². The number of hydrogen-bond acceptors (Lipinski definition) is 3. The van der Waals surface area contributed by atoms with Crippen molar-refractivity contribution < 1.29 is 0 Å². The summed E-state index contributed by atoms with van der Waals surface area (Å²) in [6.45, 7) is 6.22. The highest BCUT2D eigenvalue weighted by Crippen LogP contribution is 2.24. The van der Waals surface area contributed by atoms with Gasteiger partial charge in [-0.2, -0.15) is 5.10 Å². The first-order chi connectivity index (χ1) is 7.83. The Hall–Kier alpha value is -1.95. The van der Waals surface area contributed by atoms with Gasteiger partial charge in [0, 0.05) is 36.8 Å². The third-order valence-corrected chi connectivity index (χ3v) is 2.83. The summed E-state index contributed by atoms with van der Waals surface area (Å²) in [4.78, 5) is 2.31. The number of likely N-dealkylation sites (tertiary alicyclic amines) is 1. The first-order valence-electron chi connectivity index (χ1n) is 5.43. The van der Waals surface area contributed by atoms with Gasteiger partial charge in [0.1, 0.15) is 0 Å². The largest absolute Gasteiger partial charge is 0.371 e. The van der Waals surface area contributed by atoms with Gasteiger partial charge in [-0.05, 0) is 18.9 Å². The van der Waals surface area contributed by atoms with Crippen LogP contribution in [0.15, 0.2) is 40.8 Å². The van der Waals surface area contributed by atoms with E-state index in [1.54, 1.807) is 12.4 Å². The molecule has 0 atom stereocenters. The summed E-state index contributed by atoms with van der Waals surface area (Å²) >= 11 is 0. The van der Waals surface area contributed by atoms with E-state index in [4.69, 9.17) is 6.42 Å². The van der Waals surface area contributed by atoms with Crippen LogP contribution in [-0.4, -0.2) is 24.2 Å². The van der Waals surface area contributed by atoms with Crippen molar-refractivity contribution in [2.45, 2.75) is 12.8 Å². The Morgan fingerprint density at radius 3 is 2.88 bits per heavy atom. The molecule has 0 bridgehead atoms. The van der Waals surface area contributed by atoms with Crippen LogP contribution in [0.4, 0.5) is 0 Å². The second-order valence-electron chi connectivity index (χ2n) is 3.83. The van der Waals surface area contributed by atoms with E-state index in [2.05, 4.69) is 27.9 Å². The highest BCUT2D eigenvalue weighted by atomic mass is 15.3. The van der Waals surface area contributed by atoms with E-state index in [-0.39, 0.29) is 0 Å². The van der Waals surface area contributed by atoms with Crippen LogP contribution in [0, 0.1) is 12.3 Å². The van der Waals surface area contributed by atoms with Crippen LogP contribution < -0.4 is 5.43 Å². The highest BCUT2D eigenvalue weighted by Gasteiger charge is 2.18. The molecule has 0 amide bonds. The average molecular weight is 213 g/mol. The molecule has 2 aliphatic heterocycles. The molecule has 16 heavy (non-hydrogen) atoms. The van der Waals surface area contributed by atoms with Crippen LogP contribution in [0.3, 0.4) is 0 Å². The highest BCUT2D eigenvalue weighted by molar-refractivity contribution is 5.75. The van der Waals surface area contributed by atoms with Crippen molar-refractivity contribution in [3.05, 3.63) is 35.7 Å². The van der Waals surface area contributed by atoms with Gasteiger partial charge in [-0.15, -0.1) is 6.42 Å². The van der Waals surface area contributed by atoms with E-state index in [1.165, 1.54) is 12.8 Å². The SMILES string of the molecule is C#C/C1=C/N/N=C\C=C(\N2CCCC2)C1=C. The molecule has 1 saturated heterocycles. The molecule has 0 aromatic heterocycles. The summed E-state index contributed by atoms with van der Waals surface area (Å²) in [7, 11) is 0. The minimum absolute atomic E-state index is 0.759. The van der Waals surface area contributed by atoms with Crippen molar-refractivity contribution in [3.63, 3.8) is 0 Å². The van der Waals surface area contributed by atoms with E-state index in [1.807, 2.05) is 6.08 Å². The predicted molar refractivity (Wildman–Crippen MR) is 66.6 cm³/mol. The molecule has 3 nitrogen and oxygen atoms in total. The molecule has 0 aromatic carbocycles. The molecular formula is C13H15N3. The normalized spacial score (nSPS) is 28.9. The number of nitrogens with one attached hydrogen (secondary N) is 1. The Labute approximate surface area is 96.2 Å². The monoisotopic (exact) mass is 213 g/mol. The zero-order valence-corrected chi connectivity index (χ0v) is 9.24. The predicted octanol–water partition coefficient (Wildman–Crippen LogP) is 1.63. The fourth-order valence-corrected chi connectivity index (χ4v) is 1.96. The van der Waals surface area contributed by atoms with Crippen molar-refractivity contribution in [2.75, 3.05) is 13.1 Å². The van der Waals surface area contributed by atoms with E-state index < -0.39 is 0 Å².